The number of hydrogen-bond donors (Lipinski definition) is 2. The van der Waals surface area contributed by atoms with Gasteiger partial charge in [-0.15, -0.1) is 0 Å². The first kappa shape index (κ1) is 20.0. The van der Waals surface area contributed by atoms with Gasteiger partial charge in [0.25, 0.3) is 5.91 Å². The molecule has 1 aliphatic rings. The molecule has 0 atom stereocenters. The number of rotatable bonds is 5. The van der Waals surface area contributed by atoms with E-state index in [4.69, 9.17) is 32.8 Å². The lowest BCUT2D eigenvalue weighted by Crippen LogP contribution is -2.27. The molecule has 2 N–H and O–H groups in total. The van der Waals surface area contributed by atoms with Gasteiger partial charge < -0.3 is 14.9 Å². The molecule has 0 spiro atoms. The molecular formula is C20H15Cl2N5O3. The van der Waals surface area contributed by atoms with E-state index in [9.17, 15) is 4.79 Å². The van der Waals surface area contributed by atoms with E-state index in [1.54, 1.807) is 35.6 Å². The summed E-state index contributed by atoms with van der Waals surface area (Å²) in [6.07, 6.45) is 6.18. The SMILES string of the molecule is COc1ccc(C(=O)Nc2c(Cl)cncc2Cl)cc1C1=CN(c2ccccn2)NO1. The lowest BCUT2D eigenvalue weighted by molar-refractivity contribution is 0.102. The maximum Gasteiger partial charge on any atom is 0.255 e. The summed E-state index contributed by atoms with van der Waals surface area (Å²) in [5.74, 6) is 1.22. The van der Waals surface area contributed by atoms with Crippen LogP contribution in [0.15, 0.2) is 61.2 Å². The molecule has 1 aromatic carbocycles. The third-order valence-corrected chi connectivity index (χ3v) is 4.79. The molecule has 0 radical (unpaired) electrons. The number of anilines is 2. The molecule has 152 valence electrons. The molecule has 0 saturated carbocycles. The quantitative estimate of drug-likeness (QED) is 0.607. The van der Waals surface area contributed by atoms with E-state index in [0.717, 1.165) is 0 Å². The standard InChI is InChI=1S/C20H15Cl2N5O3/c1-29-16-6-5-12(20(28)25-19-14(21)9-23-10-15(19)22)8-13(16)17-11-27(26-30-17)18-4-2-3-7-24-18/h2-11,26H,1H3,(H,23,25,28). The van der Waals surface area contributed by atoms with Crippen LogP contribution in [0.4, 0.5) is 11.5 Å². The minimum atomic E-state index is -0.401. The Balaban J connectivity index is 1.63. The number of pyridine rings is 2. The number of hydrazine groups is 1. The number of carbonyl (C=O) groups is 1. The molecule has 0 saturated heterocycles. The van der Waals surface area contributed by atoms with Gasteiger partial charge in [0, 0.05) is 24.2 Å². The summed E-state index contributed by atoms with van der Waals surface area (Å²) in [4.78, 5) is 26.5. The first-order valence-corrected chi connectivity index (χ1v) is 9.45. The Labute approximate surface area is 182 Å². The Bertz CT molecular complexity index is 1100. The maximum atomic E-state index is 12.8. The van der Waals surface area contributed by atoms with Crippen molar-refractivity contribution in [1.82, 2.24) is 15.6 Å². The number of aromatic nitrogens is 2. The van der Waals surface area contributed by atoms with E-state index in [-0.39, 0.29) is 15.7 Å². The number of benzene rings is 1. The summed E-state index contributed by atoms with van der Waals surface area (Å²) < 4.78 is 5.42. The topological polar surface area (TPSA) is 88.6 Å². The number of methoxy groups -OCH3 is 1. The van der Waals surface area contributed by atoms with Crippen molar-refractivity contribution < 1.29 is 14.4 Å². The highest BCUT2D eigenvalue weighted by Crippen LogP contribution is 2.32. The van der Waals surface area contributed by atoms with Crippen molar-refractivity contribution in [3.63, 3.8) is 0 Å². The molecule has 0 fully saturated rings. The minimum Gasteiger partial charge on any atom is -0.496 e. The highest BCUT2D eigenvalue weighted by atomic mass is 35.5. The minimum absolute atomic E-state index is 0.238. The fraction of sp³-hybridized carbons (Fsp3) is 0.0500. The largest absolute Gasteiger partial charge is 0.496 e. The Morgan fingerprint density at radius 2 is 2.00 bits per heavy atom. The summed E-state index contributed by atoms with van der Waals surface area (Å²) >= 11 is 12.2. The van der Waals surface area contributed by atoms with Crippen LogP contribution < -0.4 is 20.7 Å². The molecular weight excluding hydrogens is 429 g/mol. The van der Waals surface area contributed by atoms with Gasteiger partial charge in [-0.05, 0) is 30.3 Å². The highest BCUT2D eigenvalue weighted by Gasteiger charge is 2.22. The molecule has 10 heteroatoms. The summed E-state index contributed by atoms with van der Waals surface area (Å²) in [6, 6.07) is 10.4. The van der Waals surface area contributed by atoms with Crippen LogP contribution >= 0.6 is 23.2 Å². The number of amides is 1. The first-order chi connectivity index (χ1) is 14.6. The normalized spacial score (nSPS) is 12.9. The van der Waals surface area contributed by atoms with Crippen molar-refractivity contribution >= 4 is 46.4 Å². The van der Waals surface area contributed by atoms with Gasteiger partial charge in [-0.2, -0.15) is 0 Å². The van der Waals surface area contributed by atoms with E-state index < -0.39 is 5.91 Å². The maximum absolute atomic E-state index is 12.8. The van der Waals surface area contributed by atoms with Crippen molar-refractivity contribution in [1.29, 1.82) is 0 Å². The second-order valence-electron chi connectivity index (χ2n) is 6.09. The zero-order chi connectivity index (χ0) is 21.1. The van der Waals surface area contributed by atoms with Gasteiger partial charge in [0.1, 0.15) is 11.6 Å². The van der Waals surface area contributed by atoms with E-state index >= 15 is 0 Å². The van der Waals surface area contributed by atoms with Crippen LogP contribution in [0.25, 0.3) is 5.76 Å². The molecule has 3 aromatic rings. The summed E-state index contributed by atoms with van der Waals surface area (Å²) in [5.41, 5.74) is 3.97. The molecule has 8 nitrogen and oxygen atoms in total. The van der Waals surface area contributed by atoms with E-state index in [1.165, 1.54) is 19.5 Å². The average molecular weight is 444 g/mol. The van der Waals surface area contributed by atoms with Gasteiger partial charge in [-0.3, -0.25) is 9.78 Å². The summed E-state index contributed by atoms with van der Waals surface area (Å²) in [5, 5.41) is 4.79. The van der Waals surface area contributed by atoms with Crippen LogP contribution in [-0.4, -0.2) is 23.0 Å². The molecule has 3 heterocycles. The lowest BCUT2D eigenvalue weighted by Gasteiger charge is -2.12. The predicted octanol–water partition coefficient (Wildman–Crippen LogP) is 4.30. The third-order valence-electron chi connectivity index (χ3n) is 4.22. The van der Waals surface area contributed by atoms with Crippen molar-refractivity contribution in [2.75, 3.05) is 17.4 Å². The zero-order valence-electron chi connectivity index (χ0n) is 15.6. The molecule has 4 rings (SSSR count). The van der Waals surface area contributed by atoms with E-state index in [0.29, 0.717) is 28.5 Å². The van der Waals surface area contributed by atoms with Gasteiger partial charge in [-0.1, -0.05) is 34.9 Å². The highest BCUT2D eigenvalue weighted by molar-refractivity contribution is 6.39. The number of carbonyl (C=O) groups excluding carboxylic acids is 1. The van der Waals surface area contributed by atoms with Crippen molar-refractivity contribution in [2.24, 2.45) is 0 Å². The van der Waals surface area contributed by atoms with Gasteiger partial charge >= 0.3 is 0 Å². The van der Waals surface area contributed by atoms with Crippen LogP contribution in [0, 0.1) is 0 Å². The molecule has 1 aliphatic heterocycles. The van der Waals surface area contributed by atoms with Crippen molar-refractivity contribution in [3.8, 4) is 5.75 Å². The zero-order valence-corrected chi connectivity index (χ0v) is 17.1. The number of ether oxygens (including phenoxy) is 1. The molecule has 0 aliphatic carbocycles. The molecule has 2 aromatic heterocycles. The molecule has 30 heavy (non-hydrogen) atoms. The Hall–Kier alpha value is -3.33. The molecule has 0 bridgehead atoms. The lowest BCUT2D eigenvalue weighted by atomic mass is 10.1. The van der Waals surface area contributed by atoms with Gasteiger partial charge in [0.15, 0.2) is 5.76 Å². The van der Waals surface area contributed by atoms with E-state index in [1.807, 2.05) is 18.2 Å². The van der Waals surface area contributed by atoms with E-state index in [2.05, 4.69) is 20.9 Å². The summed E-state index contributed by atoms with van der Waals surface area (Å²) in [7, 11) is 1.54. The number of halogens is 2. The van der Waals surface area contributed by atoms with Crippen LogP contribution in [0.3, 0.4) is 0 Å². The van der Waals surface area contributed by atoms with Crippen LogP contribution in [0.1, 0.15) is 15.9 Å². The Kier molecular flexibility index (Phi) is 5.71. The van der Waals surface area contributed by atoms with Gasteiger partial charge in [0.05, 0.1) is 34.6 Å². The number of nitrogens with zero attached hydrogens (tertiary/aromatic N) is 3. The van der Waals surface area contributed by atoms with Crippen molar-refractivity contribution in [2.45, 2.75) is 0 Å². The number of nitrogens with one attached hydrogen (secondary N) is 2. The molecule has 0 unspecified atom stereocenters. The van der Waals surface area contributed by atoms with Gasteiger partial charge in [-0.25, -0.2) is 9.99 Å². The third kappa shape index (κ3) is 4.02. The predicted molar refractivity (Wildman–Crippen MR) is 114 cm³/mol. The fourth-order valence-electron chi connectivity index (χ4n) is 2.76. The van der Waals surface area contributed by atoms with Crippen LogP contribution in [0.5, 0.6) is 5.75 Å². The number of hydrogen-bond acceptors (Lipinski definition) is 7. The van der Waals surface area contributed by atoms with Crippen LogP contribution in [0.2, 0.25) is 10.0 Å². The monoisotopic (exact) mass is 443 g/mol. The van der Waals surface area contributed by atoms with Crippen LogP contribution in [-0.2, 0) is 4.84 Å². The Morgan fingerprint density at radius 3 is 2.70 bits per heavy atom. The smallest absolute Gasteiger partial charge is 0.255 e. The Morgan fingerprint density at radius 1 is 1.20 bits per heavy atom. The second kappa shape index (κ2) is 8.58. The first-order valence-electron chi connectivity index (χ1n) is 8.70. The summed E-state index contributed by atoms with van der Waals surface area (Å²) in [6.45, 7) is 0. The molecule has 1 amide bonds. The average Bonchev–Trinajstić information content (AvgIpc) is 3.26. The van der Waals surface area contributed by atoms with Crippen molar-refractivity contribution in [3.05, 3.63) is 82.4 Å². The van der Waals surface area contributed by atoms with Gasteiger partial charge in [0.2, 0.25) is 0 Å². The second-order valence-corrected chi connectivity index (χ2v) is 6.91. The fourth-order valence-corrected chi connectivity index (χ4v) is 3.22.